The summed E-state index contributed by atoms with van der Waals surface area (Å²) in [5.74, 6) is 0.302. The predicted molar refractivity (Wildman–Crippen MR) is 63.8 cm³/mol. The standard InChI is InChI=1S/C12H15N3O2/c1-8(2)7-17-12(16)15-11-5-4-9(3)6-10(11)13-14-15/h4-6,8H,7H2,1-3H3. The number of hydrogen-bond donors (Lipinski definition) is 0. The summed E-state index contributed by atoms with van der Waals surface area (Å²) < 4.78 is 6.30. The minimum atomic E-state index is -0.481. The van der Waals surface area contributed by atoms with Gasteiger partial charge in [0.15, 0.2) is 0 Å². The van der Waals surface area contributed by atoms with Gasteiger partial charge in [0, 0.05) is 0 Å². The van der Waals surface area contributed by atoms with Gasteiger partial charge in [0.05, 0.1) is 6.61 Å². The SMILES string of the molecule is Cc1ccc2c(c1)nnn2C(=O)OCC(C)C. The number of fused-ring (bicyclic) bond motifs is 1. The molecule has 0 fully saturated rings. The van der Waals surface area contributed by atoms with Gasteiger partial charge in [-0.2, -0.15) is 0 Å². The second-order valence-corrected chi connectivity index (χ2v) is 4.46. The molecule has 90 valence electrons. The molecule has 0 bridgehead atoms. The smallest absolute Gasteiger partial charge is 0.436 e. The van der Waals surface area contributed by atoms with Crippen LogP contribution in [0.15, 0.2) is 18.2 Å². The van der Waals surface area contributed by atoms with Gasteiger partial charge in [-0.05, 0) is 30.5 Å². The van der Waals surface area contributed by atoms with Crippen LogP contribution in [-0.2, 0) is 4.74 Å². The second-order valence-electron chi connectivity index (χ2n) is 4.46. The number of ether oxygens (including phenoxy) is 1. The zero-order valence-corrected chi connectivity index (χ0v) is 10.2. The molecule has 0 unspecified atom stereocenters. The lowest BCUT2D eigenvalue weighted by Gasteiger charge is -2.06. The topological polar surface area (TPSA) is 57.0 Å². The third kappa shape index (κ3) is 2.43. The Morgan fingerprint density at radius 1 is 1.47 bits per heavy atom. The quantitative estimate of drug-likeness (QED) is 0.799. The largest absolute Gasteiger partial charge is 0.448 e. The number of aryl methyl sites for hydroxylation is 1. The van der Waals surface area contributed by atoms with Crippen molar-refractivity contribution in [2.45, 2.75) is 20.8 Å². The van der Waals surface area contributed by atoms with Crippen molar-refractivity contribution in [3.05, 3.63) is 23.8 Å². The van der Waals surface area contributed by atoms with E-state index < -0.39 is 6.09 Å². The molecule has 0 aliphatic carbocycles. The van der Waals surface area contributed by atoms with Crippen molar-refractivity contribution in [2.75, 3.05) is 6.61 Å². The molecule has 0 aliphatic heterocycles. The molecule has 1 aromatic heterocycles. The number of benzene rings is 1. The van der Waals surface area contributed by atoms with Crippen LogP contribution in [0.25, 0.3) is 11.0 Å². The molecule has 0 N–H and O–H groups in total. The summed E-state index contributed by atoms with van der Waals surface area (Å²) in [5, 5.41) is 7.75. The average molecular weight is 233 g/mol. The van der Waals surface area contributed by atoms with Crippen molar-refractivity contribution < 1.29 is 9.53 Å². The summed E-state index contributed by atoms with van der Waals surface area (Å²) >= 11 is 0. The Kier molecular flexibility index (Phi) is 3.08. The minimum Gasteiger partial charge on any atom is -0.448 e. The highest BCUT2D eigenvalue weighted by molar-refractivity contribution is 5.85. The molecule has 0 saturated carbocycles. The van der Waals surface area contributed by atoms with E-state index in [2.05, 4.69) is 10.3 Å². The molecule has 0 spiro atoms. The summed E-state index contributed by atoms with van der Waals surface area (Å²) in [5.41, 5.74) is 2.45. The van der Waals surface area contributed by atoms with E-state index in [-0.39, 0.29) is 0 Å². The molecule has 0 amide bonds. The first-order valence-electron chi connectivity index (χ1n) is 5.57. The van der Waals surface area contributed by atoms with Crippen molar-refractivity contribution in [3.8, 4) is 0 Å². The van der Waals surface area contributed by atoms with E-state index in [0.717, 1.165) is 5.56 Å². The number of hydrogen-bond acceptors (Lipinski definition) is 4. The van der Waals surface area contributed by atoms with Crippen molar-refractivity contribution in [1.29, 1.82) is 0 Å². The highest BCUT2D eigenvalue weighted by Crippen LogP contribution is 2.13. The predicted octanol–water partition coefficient (Wildman–Crippen LogP) is 2.38. The van der Waals surface area contributed by atoms with Gasteiger partial charge in [0.2, 0.25) is 0 Å². The van der Waals surface area contributed by atoms with Gasteiger partial charge in [0.25, 0.3) is 0 Å². The summed E-state index contributed by atoms with van der Waals surface area (Å²) in [6.45, 7) is 6.31. The number of carbonyl (C=O) groups excluding carboxylic acids is 1. The summed E-state index contributed by atoms with van der Waals surface area (Å²) in [7, 11) is 0. The van der Waals surface area contributed by atoms with E-state index in [0.29, 0.717) is 23.6 Å². The highest BCUT2D eigenvalue weighted by atomic mass is 16.6. The first-order valence-corrected chi connectivity index (χ1v) is 5.57. The lowest BCUT2D eigenvalue weighted by atomic mass is 10.2. The zero-order chi connectivity index (χ0) is 12.4. The third-order valence-electron chi connectivity index (χ3n) is 2.31. The Morgan fingerprint density at radius 2 is 2.24 bits per heavy atom. The normalized spacial score (nSPS) is 11.1. The van der Waals surface area contributed by atoms with Crippen LogP contribution < -0.4 is 0 Å². The van der Waals surface area contributed by atoms with E-state index >= 15 is 0 Å². The molecule has 17 heavy (non-hydrogen) atoms. The second kappa shape index (κ2) is 4.53. The molecular formula is C12H15N3O2. The van der Waals surface area contributed by atoms with Crippen LogP contribution in [0.4, 0.5) is 4.79 Å². The Morgan fingerprint density at radius 3 is 2.94 bits per heavy atom. The molecule has 1 heterocycles. The lowest BCUT2D eigenvalue weighted by Crippen LogP contribution is -2.17. The van der Waals surface area contributed by atoms with E-state index in [9.17, 15) is 4.79 Å². The van der Waals surface area contributed by atoms with Crippen molar-refractivity contribution in [1.82, 2.24) is 15.0 Å². The van der Waals surface area contributed by atoms with Gasteiger partial charge in [-0.15, -0.1) is 9.78 Å². The number of nitrogens with zero attached hydrogens (tertiary/aromatic N) is 3. The van der Waals surface area contributed by atoms with E-state index in [1.165, 1.54) is 4.68 Å². The number of carbonyl (C=O) groups is 1. The molecule has 0 aliphatic rings. The zero-order valence-electron chi connectivity index (χ0n) is 10.2. The molecule has 2 rings (SSSR count). The van der Waals surface area contributed by atoms with E-state index in [1.807, 2.05) is 39.0 Å². The molecule has 1 aromatic carbocycles. The van der Waals surface area contributed by atoms with Gasteiger partial charge in [-0.3, -0.25) is 0 Å². The first-order chi connectivity index (χ1) is 8.08. The van der Waals surface area contributed by atoms with Crippen LogP contribution in [0.2, 0.25) is 0 Å². The maximum Gasteiger partial charge on any atom is 0.436 e. The summed E-state index contributed by atoms with van der Waals surface area (Å²) in [6.07, 6.45) is -0.481. The highest BCUT2D eigenvalue weighted by Gasteiger charge is 2.13. The van der Waals surface area contributed by atoms with Crippen molar-refractivity contribution in [3.63, 3.8) is 0 Å². The third-order valence-corrected chi connectivity index (χ3v) is 2.31. The maximum absolute atomic E-state index is 11.7. The van der Waals surface area contributed by atoms with Crippen LogP contribution in [0.1, 0.15) is 19.4 Å². The van der Waals surface area contributed by atoms with Gasteiger partial charge >= 0.3 is 6.09 Å². The molecule has 0 atom stereocenters. The molecule has 0 saturated heterocycles. The molecule has 0 radical (unpaired) electrons. The fourth-order valence-electron chi connectivity index (χ4n) is 1.47. The molecule has 5 nitrogen and oxygen atoms in total. The Bertz CT molecular complexity index is 546. The van der Waals surface area contributed by atoms with Gasteiger partial charge in [-0.25, -0.2) is 4.79 Å². The van der Waals surface area contributed by atoms with E-state index in [4.69, 9.17) is 4.74 Å². The maximum atomic E-state index is 11.7. The molecule has 2 aromatic rings. The number of rotatable bonds is 2. The molecular weight excluding hydrogens is 218 g/mol. The van der Waals surface area contributed by atoms with Gasteiger partial charge < -0.3 is 4.74 Å². The van der Waals surface area contributed by atoms with Crippen LogP contribution in [0.3, 0.4) is 0 Å². The summed E-state index contributed by atoms with van der Waals surface area (Å²) in [6, 6.07) is 5.62. The van der Waals surface area contributed by atoms with Gasteiger partial charge in [0.1, 0.15) is 11.0 Å². The van der Waals surface area contributed by atoms with Gasteiger partial charge in [-0.1, -0.05) is 25.1 Å². The Labute approximate surface area is 99.4 Å². The fourth-order valence-corrected chi connectivity index (χ4v) is 1.47. The molecule has 5 heteroatoms. The first kappa shape index (κ1) is 11.6. The minimum absolute atomic E-state index is 0.302. The lowest BCUT2D eigenvalue weighted by molar-refractivity contribution is 0.132. The fraction of sp³-hybridized carbons (Fsp3) is 0.417. The van der Waals surface area contributed by atoms with Crippen LogP contribution in [0.5, 0.6) is 0 Å². The van der Waals surface area contributed by atoms with Crippen molar-refractivity contribution in [2.24, 2.45) is 5.92 Å². The monoisotopic (exact) mass is 233 g/mol. The Hall–Kier alpha value is -1.91. The number of aromatic nitrogens is 3. The Balaban J connectivity index is 2.27. The van der Waals surface area contributed by atoms with Crippen molar-refractivity contribution >= 4 is 17.1 Å². The van der Waals surface area contributed by atoms with Crippen LogP contribution in [-0.4, -0.2) is 27.7 Å². The average Bonchev–Trinajstić information content (AvgIpc) is 2.68. The summed E-state index contributed by atoms with van der Waals surface area (Å²) in [4.78, 5) is 11.7. The van der Waals surface area contributed by atoms with Crippen LogP contribution >= 0.6 is 0 Å². The van der Waals surface area contributed by atoms with Crippen LogP contribution in [0, 0.1) is 12.8 Å². The van der Waals surface area contributed by atoms with E-state index in [1.54, 1.807) is 0 Å².